The summed E-state index contributed by atoms with van der Waals surface area (Å²) in [7, 11) is 1.87. The fraction of sp³-hybridized carbons (Fsp3) is 0.519. The molecule has 10 heteroatoms. The molecule has 0 bridgehead atoms. The molecule has 1 aliphatic carbocycles. The zero-order valence-corrected chi connectivity index (χ0v) is 20.9. The van der Waals surface area contributed by atoms with Gasteiger partial charge in [0.15, 0.2) is 0 Å². The Kier molecular flexibility index (Phi) is 8.24. The molecule has 2 aliphatic rings. The third-order valence-corrected chi connectivity index (χ3v) is 7.59. The van der Waals surface area contributed by atoms with E-state index in [9.17, 15) is 28.1 Å². The molecule has 37 heavy (non-hydrogen) atoms. The van der Waals surface area contributed by atoms with E-state index in [0.717, 1.165) is 44.6 Å². The molecule has 2 fully saturated rings. The Labute approximate surface area is 214 Å². The van der Waals surface area contributed by atoms with Gasteiger partial charge in [-0.1, -0.05) is 18.2 Å². The number of alkyl halides is 3. The summed E-state index contributed by atoms with van der Waals surface area (Å²) in [6, 6.07) is 13.3. The lowest BCUT2D eigenvalue weighted by molar-refractivity contribution is -0.388. The molecule has 1 aliphatic heterocycles. The molecule has 1 amide bonds. The minimum absolute atomic E-state index is 0.0841. The lowest BCUT2D eigenvalue weighted by atomic mass is 9.84. The molecular weight excluding hydrogens is 485 g/mol. The minimum atomic E-state index is -4.81. The highest BCUT2D eigenvalue weighted by Gasteiger charge is 2.38. The maximum absolute atomic E-state index is 13.3. The summed E-state index contributed by atoms with van der Waals surface area (Å²) in [5.41, 5.74) is -0.783. The molecule has 200 valence electrons. The molecule has 1 saturated carbocycles. The molecule has 1 saturated heterocycles. The van der Waals surface area contributed by atoms with Gasteiger partial charge in [-0.25, -0.2) is 0 Å². The molecular formula is C27H33F3N4O3. The number of nitro groups is 1. The predicted octanol–water partition coefficient (Wildman–Crippen LogP) is 5.96. The fourth-order valence-corrected chi connectivity index (χ4v) is 5.53. The van der Waals surface area contributed by atoms with E-state index in [2.05, 4.69) is 22.3 Å². The van der Waals surface area contributed by atoms with Crippen LogP contribution in [-0.2, 0) is 11.0 Å². The van der Waals surface area contributed by atoms with Crippen LogP contribution in [0.25, 0.3) is 0 Å². The van der Waals surface area contributed by atoms with Crippen molar-refractivity contribution in [2.45, 2.75) is 50.7 Å². The largest absolute Gasteiger partial charge is 0.423 e. The van der Waals surface area contributed by atoms with Gasteiger partial charge in [-0.3, -0.25) is 14.9 Å². The Balaban J connectivity index is 1.24. The number of nitrogens with zero attached hydrogens (tertiary/aromatic N) is 3. The van der Waals surface area contributed by atoms with Gasteiger partial charge in [0.25, 0.3) is 5.69 Å². The number of anilines is 2. The normalized spacial score (nSPS) is 20.9. The highest BCUT2D eigenvalue weighted by atomic mass is 19.4. The Morgan fingerprint density at radius 1 is 1.05 bits per heavy atom. The number of rotatable bonds is 7. The zero-order valence-electron chi connectivity index (χ0n) is 20.9. The van der Waals surface area contributed by atoms with Gasteiger partial charge in [-0.2, -0.15) is 13.2 Å². The topological polar surface area (TPSA) is 78.7 Å². The van der Waals surface area contributed by atoms with E-state index in [1.807, 2.05) is 30.1 Å². The number of hydrogen-bond donors (Lipinski definition) is 1. The van der Waals surface area contributed by atoms with Crippen LogP contribution in [-0.4, -0.2) is 48.5 Å². The van der Waals surface area contributed by atoms with E-state index in [1.54, 1.807) is 0 Å². The van der Waals surface area contributed by atoms with Crippen LogP contribution in [0.3, 0.4) is 0 Å². The summed E-state index contributed by atoms with van der Waals surface area (Å²) < 4.78 is 39.8. The van der Waals surface area contributed by atoms with Crippen molar-refractivity contribution in [3.63, 3.8) is 0 Å². The summed E-state index contributed by atoms with van der Waals surface area (Å²) in [6.07, 6.45) is -0.113. The molecule has 2 aromatic carbocycles. The number of hydrogen-bond acceptors (Lipinski definition) is 5. The van der Waals surface area contributed by atoms with Gasteiger partial charge in [0.1, 0.15) is 5.56 Å². The number of benzene rings is 2. The van der Waals surface area contributed by atoms with Gasteiger partial charge in [0, 0.05) is 56.1 Å². The summed E-state index contributed by atoms with van der Waals surface area (Å²) in [6.45, 7) is 2.70. The first kappa shape index (κ1) is 26.8. The van der Waals surface area contributed by atoms with Crippen LogP contribution in [0.4, 0.5) is 30.2 Å². The fourth-order valence-electron chi connectivity index (χ4n) is 5.53. The molecule has 1 heterocycles. The smallest absolute Gasteiger partial charge is 0.382 e. The third kappa shape index (κ3) is 6.72. The summed E-state index contributed by atoms with van der Waals surface area (Å²) >= 11 is 0. The zero-order chi connectivity index (χ0) is 26.6. The van der Waals surface area contributed by atoms with Crippen LogP contribution in [0.15, 0.2) is 48.5 Å². The number of halogens is 3. The van der Waals surface area contributed by atoms with Crippen LogP contribution in [0, 0.1) is 22.0 Å². The van der Waals surface area contributed by atoms with E-state index in [4.69, 9.17) is 0 Å². The first-order valence-electron chi connectivity index (χ1n) is 12.8. The van der Waals surface area contributed by atoms with E-state index in [1.165, 1.54) is 11.8 Å². The van der Waals surface area contributed by atoms with E-state index in [-0.39, 0.29) is 23.6 Å². The van der Waals surface area contributed by atoms with E-state index < -0.39 is 22.4 Å². The highest BCUT2D eigenvalue weighted by Crippen LogP contribution is 2.38. The van der Waals surface area contributed by atoms with Crippen molar-refractivity contribution in [3.8, 4) is 0 Å². The van der Waals surface area contributed by atoms with Crippen molar-refractivity contribution in [2.24, 2.45) is 11.8 Å². The second-order valence-electron chi connectivity index (χ2n) is 10.2. The van der Waals surface area contributed by atoms with Gasteiger partial charge in [-0.15, -0.1) is 0 Å². The number of carbonyl (C=O) groups excluding carboxylic acids is 1. The van der Waals surface area contributed by atoms with Crippen molar-refractivity contribution in [2.75, 3.05) is 36.9 Å². The van der Waals surface area contributed by atoms with E-state index in [0.29, 0.717) is 31.6 Å². The Hall–Kier alpha value is -3.30. The molecule has 0 unspecified atom stereocenters. The second-order valence-corrected chi connectivity index (χ2v) is 10.2. The average molecular weight is 519 g/mol. The number of amides is 1. The van der Waals surface area contributed by atoms with Crippen molar-refractivity contribution >= 4 is 23.0 Å². The summed E-state index contributed by atoms with van der Waals surface area (Å²) in [5, 5.41) is 14.1. The number of piperidine rings is 1. The van der Waals surface area contributed by atoms with Gasteiger partial charge in [0.05, 0.1) is 4.92 Å². The average Bonchev–Trinajstić information content (AvgIpc) is 2.89. The first-order chi connectivity index (χ1) is 17.6. The SMILES string of the molecule is CN(CC1CCN(c2ccccc2)CC1)C(=O)C1CCC(Nc2ccc([N+](=O)[O-])c(C(F)(F)F)c2)CC1. The van der Waals surface area contributed by atoms with Crippen LogP contribution >= 0.6 is 0 Å². The molecule has 1 N–H and O–H groups in total. The molecule has 0 spiro atoms. The van der Waals surface area contributed by atoms with E-state index >= 15 is 0 Å². The molecule has 7 nitrogen and oxygen atoms in total. The van der Waals surface area contributed by atoms with Gasteiger partial charge < -0.3 is 15.1 Å². The highest BCUT2D eigenvalue weighted by molar-refractivity contribution is 5.78. The Morgan fingerprint density at radius 3 is 2.30 bits per heavy atom. The summed E-state index contributed by atoms with van der Waals surface area (Å²) in [5.74, 6) is 0.519. The van der Waals surface area contributed by atoms with Crippen molar-refractivity contribution in [1.29, 1.82) is 0 Å². The standard InChI is InChI=1S/C27H33F3N4O3/c1-32(18-19-13-15-33(16-14-19)23-5-3-2-4-6-23)26(35)20-7-9-21(10-8-20)31-22-11-12-25(34(36)37)24(17-22)27(28,29)30/h2-6,11-12,17,19-21,31H,7-10,13-16,18H2,1H3. The molecule has 4 rings (SSSR count). The molecule has 2 aromatic rings. The summed E-state index contributed by atoms with van der Waals surface area (Å²) in [4.78, 5) is 27.3. The van der Waals surface area contributed by atoms with Crippen LogP contribution < -0.4 is 10.2 Å². The van der Waals surface area contributed by atoms with Crippen LogP contribution in [0.1, 0.15) is 44.1 Å². The first-order valence-corrected chi connectivity index (χ1v) is 12.8. The van der Waals surface area contributed by atoms with Gasteiger partial charge >= 0.3 is 6.18 Å². The third-order valence-electron chi connectivity index (χ3n) is 7.59. The number of para-hydroxylation sites is 1. The number of nitrogens with one attached hydrogen (secondary N) is 1. The van der Waals surface area contributed by atoms with Crippen LogP contribution in [0.5, 0.6) is 0 Å². The van der Waals surface area contributed by atoms with Crippen LogP contribution in [0.2, 0.25) is 0 Å². The van der Waals surface area contributed by atoms with Gasteiger partial charge in [0.2, 0.25) is 5.91 Å². The molecule has 0 atom stereocenters. The van der Waals surface area contributed by atoms with Crippen molar-refractivity contribution in [1.82, 2.24) is 4.90 Å². The Bertz CT molecular complexity index is 1080. The molecule has 0 aromatic heterocycles. The minimum Gasteiger partial charge on any atom is -0.382 e. The lowest BCUT2D eigenvalue weighted by Gasteiger charge is -2.36. The molecule has 0 radical (unpaired) electrons. The number of nitro benzene ring substituents is 1. The predicted molar refractivity (Wildman–Crippen MR) is 136 cm³/mol. The maximum Gasteiger partial charge on any atom is 0.423 e. The Morgan fingerprint density at radius 2 is 1.70 bits per heavy atom. The maximum atomic E-state index is 13.3. The van der Waals surface area contributed by atoms with Crippen molar-refractivity contribution < 1.29 is 22.9 Å². The van der Waals surface area contributed by atoms with Crippen molar-refractivity contribution in [3.05, 3.63) is 64.2 Å². The number of carbonyl (C=O) groups is 1. The lowest BCUT2D eigenvalue weighted by Crippen LogP contribution is -2.42. The monoisotopic (exact) mass is 518 g/mol. The second kappa shape index (κ2) is 11.4. The quantitative estimate of drug-likeness (QED) is 0.362. The van der Waals surface area contributed by atoms with Gasteiger partial charge in [-0.05, 0) is 68.7 Å².